The van der Waals surface area contributed by atoms with Crippen LogP contribution >= 0.6 is 15.9 Å². The monoisotopic (exact) mass is 290 g/mol. The van der Waals surface area contributed by atoms with Gasteiger partial charge in [-0.15, -0.1) is 0 Å². The van der Waals surface area contributed by atoms with Crippen molar-refractivity contribution in [1.82, 2.24) is 0 Å². The quantitative estimate of drug-likeness (QED) is 0.571. The van der Waals surface area contributed by atoms with Gasteiger partial charge in [0.15, 0.2) is 25.1 Å². The number of benzene rings is 1. The van der Waals surface area contributed by atoms with Gasteiger partial charge in [0.2, 0.25) is 0 Å². The molecule has 1 aromatic rings. The Bertz CT molecular complexity index is 317. The summed E-state index contributed by atoms with van der Waals surface area (Å²) < 4.78 is 20.6. The number of para-hydroxylation sites is 1. The molecule has 4 nitrogen and oxygen atoms in total. The summed E-state index contributed by atoms with van der Waals surface area (Å²) in [6.07, 6.45) is 0. The van der Waals surface area contributed by atoms with Gasteiger partial charge in [-0.05, 0) is 6.07 Å². The average Bonchev–Trinajstić information content (AvgIpc) is 2.33. The van der Waals surface area contributed by atoms with Crippen LogP contribution in [0.4, 0.5) is 0 Å². The van der Waals surface area contributed by atoms with Crippen LogP contribution in [-0.4, -0.2) is 27.8 Å². The molecule has 0 saturated heterocycles. The van der Waals surface area contributed by atoms with Crippen LogP contribution in [0.15, 0.2) is 18.2 Å². The van der Waals surface area contributed by atoms with Crippen molar-refractivity contribution in [3.63, 3.8) is 0 Å². The average molecular weight is 291 g/mol. The Morgan fingerprint density at radius 2 is 1.75 bits per heavy atom. The van der Waals surface area contributed by atoms with Gasteiger partial charge in [0, 0.05) is 25.1 Å². The summed E-state index contributed by atoms with van der Waals surface area (Å²) >= 11 is 3.39. The van der Waals surface area contributed by atoms with Gasteiger partial charge in [-0.2, -0.15) is 0 Å². The number of ether oxygens (including phenoxy) is 4. The van der Waals surface area contributed by atoms with E-state index in [1.54, 1.807) is 14.2 Å². The lowest BCUT2D eigenvalue weighted by Gasteiger charge is -2.14. The maximum atomic E-state index is 5.47. The number of rotatable bonds is 7. The zero-order chi connectivity index (χ0) is 11.8. The standard InChI is InChI=1S/C11H15BrO4/c1-13-7-15-10-5-3-4-9(6-12)11(10)16-8-14-2/h3-5H,6-8H2,1-2H3. The molecule has 0 bridgehead atoms. The molecule has 0 atom stereocenters. The first-order valence-corrected chi connectivity index (χ1v) is 5.87. The summed E-state index contributed by atoms with van der Waals surface area (Å²) in [4.78, 5) is 0. The normalized spacial score (nSPS) is 10.2. The SMILES string of the molecule is COCOc1cccc(CBr)c1OCOC. The lowest BCUT2D eigenvalue weighted by atomic mass is 10.2. The molecule has 0 saturated carbocycles. The molecule has 5 heteroatoms. The van der Waals surface area contributed by atoms with Crippen molar-refractivity contribution in [3.8, 4) is 11.5 Å². The fourth-order valence-corrected chi connectivity index (χ4v) is 1.63. The van der Waals surface area contributed by atoms with Crippen LogP contribution in [0.25, 0.3) is 0 Å². The highest BCUT2D eigenvalue weighted by Crippen LogP contribution is 2.32. The second kappa shape index (κ2) is 7.49. The largest absolute Gasteiger partial charge is 0.464 e. The van der Waals surface area contributed by atoms with Gasteiger partial charge in [0.1, 0.15) is 0 Å². The Labute approximate surface area is 104 Å². The molecule has 0 aliphatic carbocycles. The predicted octanol–water partition coefficient (Wildman–Crippen LogP) is 2.55. The fraction of sp³-hybridized carbons (Fsp3) is 0.455. The van der Waals surface area contributed by atoms with Gasteiger partial charge in [-0.3, -0.25) is 0 Å². The van der Waals surface area contributed by atoms with E-state index in [9.17, 15) is 0 Å². The Balaban J connectivity index is 2.86. The van der Waals surface area contributed by atoms with Gasteiger partial charge in [-0.25, -0.2) is 0 Å². The minimum atomic E-state index is 0.188. The summed E-state index contributed by atoms with van der Waals surface area (Å²) in [5.74, 6) is 1.33. The number of hydrogen-bond acceptors (Lipinski definition) is 4. The second-order valence-corrected chi connectivity index (χ2v) is 3.54. The maximum absolute atomic E-state index is 5.47. The third-order valence-corrected chi connectivity index (χ3v) is 2.46. The van der Waals surface area contributed by atoms with Gasteiger partial charge in [0.05, 0.1) is 0 Å². The predicted molar refractivity (Wildman–Crippen MR) is 64.1 cm³/mol. The number of halogens is 1. The Morgan fingerprint density at radius 3 is 2.38 bits per heavy atom. The molecule has 0 amide bonds. The van der Waals surface area contributed by atoms with Crippen LogP contribution < -0.4 is 9.47 Å². The van der Waals surface area contributed by atoms with Crippen molar-refractivity contribution < 1.29 is 18.9 Å². The zero-order valence-electron chi connectivity index (χ0n) is 9.36. The van der Waals surface area contributed by atoms with E-state index in [-0.39, 0.29) is 13.6 Å². The van der Waals surface area contributed by atoms with Crippen LogP contribution in [0, 0.1) is 0 Å². The van der Waals surface area contributed by atoms with Crippen molar-refractivity contribution in [1.29, 1.82) is 0 Å². The first-order chi connectivity index (χ1) is 7.83. The first-order valence-electron chi connectivity index (χ1n) is 4.74. The molecule has 0 fully saturated rings. The molecule has 0 aromatic heterocycles. The van der Waals surface area contributed by atoms with Crippen LogP contribution in [0.3, 0.4) is 0 Å². The van der Waals surface area contributed by atoms with Crippen molar-refractivity contribution in [2.75, 3.05) is 27.8 Å². The highest BCUT2D eigenvalue weighted by atomic mass is 79.9. The summed E-state index contributed by atoms with van der Waals surface area (Å²) in [6.45, 7) is 0.377. The molecular formula is C11H15BrO4. The molecular weight excluding hydrogens is 276 g/mol. The molecule has 0 aliphatic heterocycles. The lowest BCUT2D eigenvalue weighted by molar-refractivity contribution is 0.0318. The van der Waals surface area contributed by atoms with Crippen LogP contribution in [-0.2, 0) is 14.8 Å². The van der Waals surface area contributed by atoms with Crippen molar-refractivity contribution in [2.45, 2.75) is 5.33 Å². The third-order valence-electron chi connectivity index (χ3n) is 1.86. The van der Waals surface area contributed by atoms with E-state index in [0.29, 0.717) is 16.8 Å². The van der Waals surface area contributed by atoms with Gasteiger partial charge >= 0.3 is 0 Å². The molecule has 0 heterocycles. The van der Waals surface area contributed by atoms with E-state index in [1.165, 1.54) is 0 Å². The lowest BCUT2D eigenvalue weighted by Crippen LogP contribution is -2.05. The molecule has 1 rings (SSSR count). The van der Waals surface area contributed by atoms with E-state index >= 15 is 0 Å². The Kier molecular flexibility index (Phi) is 6.22. The highest BCUT2D eigenvalue weighted by molar-refractivity contribution is 9.08. The third kappa shape index (κ3) is 3.66. The molecule has 0 radical (unpaired) electrons. The molecule has 16 heavy (non-hydrogen) atoms. The summed E-state index contributed by atoms with van der Waals surface area (Å²) in [5, 5.41) is 0.691. The number of hydrogen-bond donors (Lipinski definition) is 0. The smallest absolute Gasteiger partial charge is 0.188 e. The van der Waals surface area contributed by atoms with Gasteiger partial charge in [-0.1, -0.05) is 28.1 Å². The first kappa shape index (κ1) is 13.3. The summed E-state index contributed by atoms with van der Waals surface area (Å²) in [5.41, 5.74) is 1.01. The van der Waals surface area contributed by atoms with E-state index in [0.717, 1.165) is 5.56 Å². The van der Waals surface area contributed by atoms with Crippen LogP contribution in [0.1, 0.15) is 5.56 Å². The Hall–Kier alpha value is -0.780. The summed E-state index contributed by atoms with van der Waals surface area (Å²) in [7, 11) is 3.15. The highest BCUT2D eigenvalue weighted by Gasteiger charge is 2.10. The van der Waals surface area contributed by atoms with Crippen LogP contribution in [0.5, 0.6) is 11.5 Å². The molecule has 0 N–H and O–H groups in total. The molecule has 0 aliphatic rings. The molecule has 0 unspecified atom stereocenters. The second-order valence-electron chi connectivity index (χ2n) is 2.98. The van der Waals surface area contributed by atoms with Crippen molar-refractivity contribution in [3.05, 3.63) is 23.8 Å². The topological polar surface area (TPSA) is 36.9 Å². The van der Waals surface area contributed by atoms with Crippen molar-refractivity contribution in [2.24, 2.45) is 0 Å². The molecule has 0 spiro atoms. The van der Waals surface area contributed by atoms with E-state index in [2.05, 4.69) is 15.9 Å². The minimum Gasteiger partial charge on any atom is -0.464 e. The van der Waals surface area contributed by atoms with E-state index in [1.807, 2.05) is 18.2 Å². The molecule has 90 valence electrons. The van der Waals surface area contributed by atoms with E-state index < -0.39 is 0 Å². The van der Waals surface area contributed by atoms with E-state index in [4.69, 9.17) is 18.9 Å². The maximum Gasteiger partial charge on any atom is 0.188 e. The number of methoxy groups -OCH3 is 2. The zero-order valence-corrected chi connectivity index (χ0v) is 11.0. The fourth-order valence-electron chi connectivity index (χ4n) is 1.18. The summed E-state index contributed by atoms with van der Waals surface area (Å²) in [6, 6.07) is 5.69. The molecule has 1 aromatic carbocycles. The minimum absolute atomic E-state index is 0.188. The Morgan fingerprint density at radius 1 is 1.06 bits per heavy atom. The number of alkyl halides is 1. The van der Waals surface area contributed by atoms with Crippen molar-refractivity contribution >= 4 is 15.9 Å². The van der Waals surface area contributed by atoms with Crippen LogP contribution in [0.2, 0.25) is 0 Å². The van der Waals surface area contributed by atoms with Gasteiger partial charge in [0.25, 0.3) is 0 Å². The van der Waals surface area contributed by atoms with Gasteiger partial charge < -0.3 is 18.9 Å².